The van der Waals surface area contributed by atoms with Crippen molar-refractivity contribution in [1.82, 2.24) is 0 Å². The van der Waals surface area contributed by atoms with E-state index in [-0.39, 0.29) is 40.8 Å². The van der Waals surface area contributed by atoms with Crippen molar-refractivity contribution < 1.29 is 24.3 Å². The predicted octanol–water partition coefficient (Wildman–Crippen LogP) is 6.62. The third-order valence-electron chi connectivity index (χ3n) is 9.14. The van der Waals surface area contributed by atoms with E-state index < -0.39 is 35.5 Å². The van der Waals surface area contributed by atoms with Crippen molar-refractivity contribution in [2.24, 2.45) is 29.6 Å². The van der Waals surface area contributed by atoms with Gasteiger partial charge in [0.2, 0.25) is 23.6 Å². The molecule has 1 saturated carbocycles. The number of aromatic hydroxyl groups is 1. The molecule has 2 aliphatic carbocycles. The Morgan fingerprint density at radius 1 is 0.690 bits per heavy atom. The molecular weight excluding hydrogens is 688 g/mol. The second-order valence-electron chi connectivity index (χ2n) is 11.2. The van der Waals surface area contributed by atoms with Crippen molar-refractivity contribution in [3.8, 4) is 5.75 Å². The van der Waals surface area contributed by atoms with Gasteiger partial charge in [-0.1, -0.05) is 61.2 Å². The molecule has 10 heteroatoms. The number of imide groups is 2. The van der Waals surface area contributed by atoms with Gasteiger partial charge in [0, 0.05) is 19.9 Å². The summed E-state index contributed by atoms with van der Waals surface area (Å²) in [5.74, 6) is -4.91. The number of amides is 4. The smallest absolute Gasteiger partial charge is 0.238 e. The highest BCUT2D eigenvalue weighted by Crippen LogP contribution is 2.59. The number of phenols is 1. The summed E-state index contributed by atoms with van der Waals surface area (Å²) >= 11 is 13.5. The highest BCUT2D eigenvalue weighted by molar-refractivity contribution is 9.10. The molecule has 3 fully saturated rings. The van der Waals surface area contributed by atoms with Crippen LogP contribution >= 0.6 is 43.5 Å². The van der Waals surface area contributed by atoms with Crippen LogP contribution in [-0.2, 0) is 19.2 Å². The zero-order valence-corrected chi connectivity index (χ0v) is 25.8. The molecule has 4 aliphatic rings. The van der Waals surface area contributed by atoms with Crippen molar-refractivity contribution in [3.05, 3.63) is 97.9 Å². The van der Waals surface area contributed by atoms with Gasteiger partial charge in [-0.25, -0.2) is 0 Å². The Hall–Kier alpha value is -3.27. The number of allylic oxidation sites excluding steroid dienone is 2. The predicted molar refractivity (Wildman–Crippen MR) is 164 cm³/mol. The van der Waals surface area contributed by atoms with Crippen molar-refractivity contribution in [2.75, 3.05) is 9.80 Å². The number of carbonyl (C=O) groups is 4. The topological polar surface area (TPSA) is 95.0 Å². The Morgan fingerprint density at radius 3 is 1.81 bits per heavy atom. The molecule has 7 rings (SSSR count). The fourth-order valence-electron chi connectivity index (χ4n) is 7.39. The summed E-state index contributed by atoms with van der Waals surface area (Å²) < 4.78 is 1.65. The normalized spacial score (nSPS) is 28.5. The Balaban J connectivity index is 1.34. The fraction of sp³-hybridized carbons (Fsp3) is 0.250. The molecule has 2 heterocycles. The minimum Gasteiger partial charge on any atom is -0.508 e. The van der Waals surface area contributed by atoms with Crippen LogP contribution in [0.15, 0.2) is 87.3 Å². The van der Waals surface area contributed by atoms with Crippen molar-refractivity contribution in [2.45, 2.75) is 18.8 Å². The Labute approximate surface area is 263 Å². The molecule has 1 N–H and O–H groups in total. The van der Waals surface area contributed by atoms with E-state index in [0.29, 0.717) is 23.4 Å². The zero-order chi connectivity index (χ0) is 29.4. The molecule has 6 atom stereocenters. The summed E-state index contributed by atoms with van der Waals surface area (Å²) in [5.41, 5.74) is 2.44. The minimum absolute atomic E-state index is 0.0163. The van der Waals surface area contributed by atoms with E-state index in [1.165, 1.54) is 21.9 Å². The Bertz CT molecular complexity index is 1710. The van der Waals surface area contributed by atoms with Gasteiger partial charge in [0.25, 0.3) is 0 Å². The molecule has 212 valence electrons. The van der Waals surface area contributed by atoms with Crippen LogP contribution in [0.4, 0.5) is 11.4 Å². The lowest BCUT2D eigenvalue weighted by molar-refractivity contribution is -0.126. The summed E-state index contributed by atoms with van der Waals surface area (Å²) in [5, 5.41) is 10.4. The second-order valence-corrected chi connectivity index (χ2v) is 13.4. The van der Waals surface area contributed by atoms with Gasteiger partial charge in [0.15, 0.2) is 0 Å². The van der Waals surface area contributed by atoms with Crippen molar-refractivity contribution in [3.63, 3.8) is 0 Å². The Kier molecular flexibility index (Phi) is 6.68. The number of phenolic OH excluding ortho intramolecular Hbond substituents is 1. The standard InChI is InChI=1S/C32H23Br2ClN2O5/c33-15-1-5-17(6-2-15)36-29(39)22-12-11-20-23(27(22)31(36)41)14-24-28(26(20)21-10-9-19(38)13-25(21)35)32(42)37(30(24)40)18-7-3-16(34)4-8-18/h1-11,13,22-24,26-28,38H,12,14H2. The minimum atomic E-state index is -0.739. The number of benzene rings is 3. The molecule has 6 unspecified atom stereocenters. The molecule has 2 saturated heterocycles. The van der Waals surface area contributed by atoms with Gasteiger partial charge in [0.05, 0.1) is 35.0 Å². The first-order chi connectivity index (χ1) is 20.2. The summed E-state index contributed by atoms with van der Waals surface area (Å²) in [4.78, 5) is 58.3. The maximum absolute atomic E-state index is 14.1. The first kappa shape index (κ1) is 27.6. The summed E-state index contributed by atoms with van der Waals surface area (Å²) in [6.07, 6.45) is 2.59. The van der Waals surface area contributed by atoms with Gasteiger partial charge in [-0.05, 0) is 85.0 Å². The number of hydrogen-bond acceptors (Lipinski definition) is 5. The van der Waals surface area contributed by atoms with Crippen LogP contribution in [0.3, 0.4) is 0 Å². The number of rotatable bonds is 3. The van der Waals surface area contributed by atoms with Crippen LogP contribution in [0.1, 0.15) is 24.3 Å². The molecule has 2 aliphatic heterocycles. The highest BCUT2D eigenvalue weighted by Gasteiger charge is 2.62. The SMILES string of the molecule is O=C1C2CC=C3C(CC4C(=O)N(c5ccc(Br)cc5)C(=O)C4C3c3ccc(O)cc3Cl)C2C(=O)N1c1ccc(Br)cc1. The van der Waals surface area contributed by atoms with Gasteiger partial charge in [0.1, 0.15) is 5.75 Å². The van der Waals surface area contributed by atoms with Crippen LogP contribution in [0, 0.1) is 29.6 Å². The largest absolute Gasteiger partial charge is 0.508 e. The number of anilines is 2. The van der Waals surface area contributed by atoms with E-state index in [2.05, 4.69) is 31.9 Å². The van der Waals surface area contributed by atoms with E-state index >= 15 is 0 Å². The molecule has 3 aromatic rings. The molecule has 7 nitrogen and oxygen atoms in total. The number of fused-ring (bicyclic) bond motifs is 4. The van der Waals surface area contributed by atoms with E-state index in [4.69, 9.17) is 11.6 Å². The van der Waals surface area contributed by atoms with E-state index in [1.807, 2.05) is 6.08 Å². The fourth-order valence-corrected chi connectivity index (χ4v) is 8.22. The lowest BCUT2D eigenvalue weighted by atomic mass is 9.57. The van der Waals surface area contributed by atoms with Gasteiger partial charge in [-0.2, -0.15) is 0 Å². The number of halogens is 3. The van der Waals surface area contributed by atoms with Gasteiger partial charge in [-0.3, -0.25) is 29.0 Å². The molecule has 3 aromatic carbocycles. The number of carbonyl (C=O) groups excluding carboxylic acids is 4. The molecule has 4 amide bonds. The summed E-state index contributed by atoms with van der Waals surface area (Å²) in [6.45, 7) is 0. The van der Waals surface area contributed by atoms with E-state index in [9.17, 15) is 24.3 Å². The van der Waals surface area contributed by atoms with Gasteiger partial charge in [-0.15, -0.1) is 0 Å². The third-order valence-corrected chi connectivity index (χ3v) is 10.5. The lowest BCUT2D eigenvalue weighted by Gasteiger charge is -2.44. The molecule has 42 heavy (non-hydrogen) atoms. The average molecular weight is 711 g/mol. The van der Waals surface area contributed by atoms with Crippen LogP contribution < -0.4 is 9.80 Å². The third kappa shape index (κ3) is 4.12. The highest BCUT2D eigenvalue weighted by atomic mass is 79.9. The van der Waals surface area contributed by atoms with Crippen molar-refractivity contribution in [1.29, 1.82) is 0 Å². The monoisotopic (exact) mass is 708 g/mol. The lowest BCUT2D eigenvalue weighted by Crippen LogP contribution is -2.43. The zero-order valence-electron chi connectivity index (χ0n) is 21.9. The molecular formula is C32H23Br2ClN2O5. The molecule has 0 radical (unpaired) electrons. The van der Waals surface area contributed by atoms with E-state index in [1.54, 1.807) is 54.6 Å². The quantitative estimate of drug-likeness (QED) is 0.244. The first-order valence-corrected chi connectivity index (χ1v) is 15.6. The van der Waals surface area contributed by atoms with Gasteiger partial charge >= 0.3 is 0 Å². The number of nitrogens with zero attached hydrogens (tertiary/aromatic N) is 2. The van der Waals surface area contributed by atoms with Gasteiger partial charge < -0.3 is 5.11 Å². The second kappa shape index (κ2) is 10.2. The van der Waals surface area contributed by atoms with Crippen molar-refractivity contribution >= 4 is 78.5 Å². The summed E-state index contributed by atoms with van der Waals surface area (Å²) in [6, 6.07) is 18.7. The maximum Gasteiger partial charge on any atom is 0.238 e. The molecule has 0 aromatic heterocycles. The number of hydrogen-bond donors (Lipinski definition) is 1. The molecule has 0 bridgehead atoms. The summed E-state index contributed by atoms with van der Waals surface area (Å²) in [7, 11) is 0. The first-order valence-electron chi connectivity index (χ1n) is 13.6. The average Bonchev–Trinajstić information content (AvgIpc) is 3.37. The maximum atomic E-state index is 14.1. The van der Waals surface area contributed by atoms with Crippen LogP contribution in [0.2, 0.25) is 5.02 Å². The van der Waals surface area contributed by atoms with Crippen LogP contribution in [-0.4, -0.2) is 28.7 Å². The molecule has 0 spiro atoms. The Morgan fingerprint density at radius 2 is 1.24 bits per heavy atom. The van der Waals surface area contributed by atoms with Crippen LogP contribution in [0.5, 0.6) is 5.75 Å². The van der Waals surface area contributed by atoms with E-state index in [0.717, 1.165) is 14.5 Å². The van der Waals surface area contributed by atoms with Crippen LogP contribution in [0.25, 0.3) is 0 Å².